The van der Waals surface area contributed by atoms with Crippen molar-refractivity contribution in [3.05, 3.63) is 83.7 Å². The van der Waals surface area contributed by atoms with Crippen molar-refractivity contribution in [1.82, 2.24) is 15.5 Å². The van der Waals surface area contributed by atoms with Gasteiger partial charge in [0.05, 0.1) is 35.3 Å². The van der Waals surface area contributed by atoms with Crippen LogP contribution in [-0.2, 0) is 26.1 Å². The van der Waals surface area contributed by atoms with Crippen LogP contribution in [0, 0.1) is 5.82 Å². The summed E-state index contributed by atoms with van der Waals surface area (Å²) >= 11 is 0. The van der Waals surface area contributed by atoms with Gasteiger partial charge in [0.1, 0.15) is 17.7 Å². The van der Waals surface area contributed by atoms with Gasteiger partial charge in [-0.15, -0.1) is 0 Å². The van der Waals surface area contributed by atoms with E-state index >= 15 is 0 Å². The van der Waals surface area contributed by atoms with E-state index in [9.17, 15) is 27.5 Å². The molecule has 6 rings (SSSR count). The molecular formula is C33H37FN4O7S. The van der Waals surface area contributed by atoms with Crippen LogP contribution < -0.4 is 20.5 Å². The normalized spacial score (nSPS) is 26.0. The number of likely N-dealkylation sites (tertiary alicyclic amines) is 1. The maximum Gasteiger partial charge on any atom is 0.255 e. The second-order valence-electron chi connectivity index (χ2n) is 12.0. The van der Waals surface area contributed by atoms with Crippen LogP contribution in [0.1, 0.15) is 41.6 Å². The lowest BCUT2D eigenvalue weighted by Gasteiger charge is -2.34. The Morgan fingerprint density at radius 2 is 1.76 bits per heavy atom. The molecule has 2 fully saturated rings. The summed E-state index contributed by atoms with van der Waals surface area (Å²) in [5, 5.41) is 21.8. The van der Waals surface area contributed by atoms with E-state index in [1.54, 1.807) is 48.5 Å². The Kier molecular flexibility index (Phi) is 9.39. The van der Waals surface area contributed by atoms with Crippen LogP contribution in [-0.4, -0.2) is 80.3 Å². The number of ether oxygens (including phenoxy) is 2. The number of rotatable bonds is 4. The van der Waals surface area contributed by atoms with Crippen molar-refractivity contribution in [2.75, 3.05) is 19.7 Å². The van der Waals surface area contributed by atoms with Gasteiger partial charge in [-0.2, -0.15) is 0 Å². The minimum atomic E-state index is -3.85. The fourth-order valence-electron chi connectivity index (χ4n) is 6.37. The topological polar surface area (TPSA) is 160 Å². The third kappa shape index (κ3) is 7.24. The van der Waals surface area contributed by atoms with Gasteiger partial charge in [0.2, 0.25) is 15.9 Å². The number of hydrogen-bond donors (Lipinski definition) is 4. The van der Waals surface area contributed by atoms with Gasteiger partial charge in [0.25, 0.3) is 5.91 Å². The number of nitrogens with zero attached hydrogens (tertiary/aromatic N) is 1. The van der Waals surface area contributed by atoms with E-state index in [1.165, 1.54) is 18.2 Å². The average Bonchev–Trinajstić information content (AvgIpc) is 3.43. The summed E-state index contributed by atoms with van der Waals surface area (Å²) in [6, 6.07) is 16.6. The first kappa shape index (κ1) is 32.1. The molecule has 11 nitrogen and oxygen atoms in total. The third-order valence-corrected chi connectivity index (χ3v) is 9.80. The Hall–Kier alpha value is -3.88. The first-order chi connectivity index (χ1) is 22.0. The van der Waals surface area contributed by atoms with Crippen LogP contribution >= 0.6 is 0 Å². The van der Waals surface area contributed by atoms with Gasteiger partial charge in [-0.1, -0.05) is 36.4 Å². The molecule has 0 saturated carbocycles. The quantitative estimate of drug-likeness (QED) is 0.334. The van der Waals surface area contributed by atoms with E-state index in [-0.39, 0.29) is 48.3 Å². The number of hydrogen-bond acceptors (Lipinski definition) is 8. The van der Waals surface area contributed by atoms with E-state index in [0.717, 1.165) is 0 Å². The summed E-state index contributed by atoms with van der Waals surface area (Å²) in [5.41, 5.74) is 2.14. The van der Waals surface area contributed by atoms with Crippen molar-refractivity contribution >= 4 is 21.8 Å². The van der Waals surface area contributed by atoms with Gasteiger partial charge in [-0.25, -0.2) is 17.9 Å². The van der Waals surface area contributed by atoms with Crippen LogP contribution in [0.2, 0.25) is 0 Å². The Labute approximate surface area is 266 Å². The highest BCUT2D eigenvalue weighted by Crippen LogP contribution is 2.31. The van der Waals surface area contributed by atoms with Gasteiger partial charge < -0.3 is 25.2 Å². The zero-order chi connectivity index (χ0) is 32.4. The fourth-order valence-corrected chi connectivity index (χ4v) is 6.89. The molecule has 3 heterocycles. The maximum absolute atomic E-state index is 14.6. The number of carbonyl (C=O) groups is 2. The Balaban J connectivity index is 1.30. The number of fused-ring (bicyclic) bond motifs is 5. The van der Waals surface area contributed by atoms with Crippen molar-refractivity contribution in [1.29, 1.82) is 0 Å². The zero-order valence-electron chi connectivity index (χ0n) is 25.1. The molecule has 0 aliphatic carbocycles. The first-order valence-corrected chi connectivity index (χ1v) is 16.9. The average molecular weight is 653 g/mol. The molecule has 13 heteroatoms. The van der Waals surface area contributed by atoms with Crippen molar-refractivity contribution in [2.45, 2.75) is 67.5 Å². The number of aliphatic hydroxyl groups is 1. The van der Waals surface area contributed by atoms with E-state index in [4.69, 9.17) is 14.6 Å². The molecule has 0 aromatic heterocycles. The maximum atomic E-state index is 14.6. The summed E-state index contributed by atoms with van der Waals surface area (Å²) in [4.78, 5) is 29.0. The monoisotopic (exact) mass is 652 g/mol. The summed E-state index contributed by atoms with van der Waals surface area (Å²) in [5.74, 6) is -0.703. The Morgan fingerprint density at radius 3 is 2.52 bits per heavy atom. The highest BCUT2D eigenvalue weighted by Gasteiger charge is 2.39. The number of sulfonamides is 1. The van der Waals surface area contributed by atoms with E-state index in [2.05, 4.69) is 10.6 Å². The summed E-state index contributed by atoms with van der Waals surface area (Å²) < 4.78 is 50.4. The smallest absolute Gasteiger partial charge is 0.255 e. The molecule has 3 aromatic rings. The number of nitrogens with two attached hydrogens (primary N) is 1. The number of nitrogens with one attached hydrogen (secondary N) is 2. The molecule has 3 aliphatic rings. The van der Waals surface area contributed by atoms with Crippen molar-refractivity contribution in [2.24, 2.45) is 5.14 Å². The van der Waals surface area contributed by atoms with Crippen molar-refractivity contribution in [3.63, 3.8) is 0 Å². The highest BCUT2D eigenvalue weighted by atomic mass is 32.2. The number of carbonyl (C=O) groups excluding carboxylic acids is 2. The van der Waals surface area contributed by atoms with E-state index in [1.807, 2.05) is 4.90 Å². The summed E-state index contributed by atoms with van der Waals surface area (Å²) in [7, 11) is -3.85. The minimum Gasteiger partial charge on any atom is -0.493 e. The van der Waals surface area contributed by atoms with Gasteiger partial charge in [0.15, 0.2) is 0 Å². The lowest BCUT2D eigenvalue weighted by Crippen LogP contribution is -2.50. The lowest BCUT2D eigenvalue weighted by atomic mass is 9.99. The number of benzene rings is 3. The molecule has 5 atom stereocenters. The molecule has 3 aromatic carbocycles. The summed E-state index contributed by atoms with van der Waals surface area (Å²) in [6.07, 6.45) is 0.364. The number of primary sulfonamides is 1. The van der Waals surface area contributed by atoms with Crippen molar-refractivity contribution in [3.8, 4) is 16.9 Å². The fraction of sp³-hybridized carbons (Fsp3) is 0.394. The number of amides is 2. The van der Waals surface area contributed by atoms with Crippen LogP contribution in [0.4, 0.5) is 4.39 Å². The molecule has 0 radical (unpaired) electrons. The molecule has 0 unspecified atom stereocenters. The zero-order valence-corrected chi connectivity index (χ0v) is 25.9. The second-order valence-corrected chi connectivity index (χ2v) is 13.6. The van der Waals surface area contributed by atoms with Gasteiger partial charge in [-0.05, 0) is 60.7 Å². The number of halogens is 1. The standard InChI is InChI=1S/C33H37FN4O7S/c34-27-4-2-1-3-22(27)18-38-19-23-16-28(38)33(41)36-17-31-29(39)12-8-24(45-31)13-14-44-30-15-21(7-11-26(30)32(40)37-23)20-5-9-25(10-6-20)46(35,42)43/h1-7,9-11,15,23-24,28-29,31,39H,8,12-14,16-19H2,(H,36,41)(H,37,40)(H2,35,42,43)/t23-,24-,28-,29-,31+/m0/s1. The van der Waals surface area contributed by atoms with Gasteiger partial charge in [-0.3, -0.25) is 14.5 Å². The Bertz CT molecular complexity index is 1700. The molecule has 2 amide bonds. The van der Waals surface area contributed by atoms with Crippen LogP contribution in [0.15, 0.2) is 71.6 Å². The summed E-state index contributed by atoms with van der Waals surface area (Å²) in [6.45, 7) is 0.841. The van der Waals surface area contributed by atoms with Crippen LogP contribution in [0.5, 0.6) is 5.75 Å². The molecule has 2 saturated heterocycles. The largest absolute Gasteiger partial charge is 0.493 e. The van der Waals surface area contributed by atoms with Gasteiger partial charge >= 0.3 is 0 Å². The van der Waals surface area contributed by atoms with E-state index in [0.29, 0.717) is 60.2 Å². The van der Waals surface area contributed by atoms with Gasteiger partial charge in [0, 0.05) is 37.7 Å². The second kappa shape index (κ2) is 13.5. The molecule has 4 bridgehead atoms. The molecule has 5 N–H and O–H groups in total. The minimum absolute atomic E-state index is 0.0135. The highest BCUT2D eigenvalue weighted by molar-refractivity contribution is 7.89. The van der Waals surface area contributed by atoms with Crippen LogP contribution in [0.25, 0.3) is 11.1 Å². The molecule has 244 valence electrons. The van der Waals surface area contributed by atoms with E-state index < -0.39 is 34.3 Å². The SMILES string of the molecule is NS(=O)(=O)c1ccc(-c2ccc3c(c2)OCC[C@@H]2CC[C@H](O)[C@@H](CNC(=O)[C@@H]4C[C@@H](CN4Cc4ccccc4F)NC3=O)O2)cc1. The predicted molar refractivity (Wildman–Crippen MR) is 167 cm³/mol. The molecule has 3 aliphatic heterocycles. The molecular weight excluding hydrogens is 615 g/mol. The Morgan fingerprint density at radius 1 is 1.00 bits per heavy atom. The molecule has 0 spiro atoms. The number of aliphatic hydroxyl groups excluding tert-OH is 1. The first-order valence-electron chi connectivity index (χ1n) is 15.3. The van der Waals surface area contributed by atoms with Crippen LogP contribution in [0.3, 0.4) is 0 Å². The van der Waals surface area contributed by atoms with Crippen molar-refractivity contribution < 1.29 is 37.0 Å². The molecule has 46 heavy (non-hydrogen) atoms. The predicted octanol–water partition coefficient (Wildman–Crippen LogP) is 2.32. The lowest BCUT2D eigenvalue weighted by molar-refractivity contribution is -0.133. The third-order valence-electron chi connectivity index (χ3n) is 8.87.